The third kappa shape index (κ3) is 4.32. The standard InChI is InChI=1S/C17H22N2O5/c1-17(2,16(22)23)15(21)18-10-11-5-3-6-12(9-11)19-14(20)13-7-4-8-24-13/h3,5-6,9,13H,4,7-8,10H2,1-2H3,(H,18,21)(H,19,20)(H,22,23). The van der Waals surface area contributed by atoms with Crippen LogP contribution in [0.4, 0.5) is 5.69 Å². The first-order valence-electron chi connectivity index (χ1n) is 7.84. The topological polar surface area (TPSA) is 105 Å². The Morgan fingerprint density at radius 1 is 1.33 bits per heavy atom. The molecular formula is C17H22N2O5. The van der Waals surface area contributed by atoms with Crippen LogP contribution in [0.1, 0.15) is 32.3 Å². The van der Waals surface area contributed by atoms with Crippen LogP contribution in [-0.2, 0) is 25.7 Å². The molecule has 3 N–H and O–H groups in total. The molecule has 1 aliphatic heterocycles. The molecule has 1 aromatic carbocycles. The molecule has 0 aliphatic carbocycles. The van der Waals surface area contributed by atoms with Gasteiger partial charge >= 0.3 is 5.97 Å². The number of anilines is 1. The zero-order valence-electron chi connectivity index (χ0n) is 13.8. The van der Waals surface area contributed by atoms with E-state index in [1.54, 1.807) is 24.3 Å². The molecule has 130 valence electrons. The Bertz CT molecular complexity index is 636. The molecule has 1 unspecified atom stereocenters. The van der Waals surface area contributed by atoms with Gasteiger partial charge in [-0.3, -0.25) is 14.4 Å². The highest BCUT2D eigenvalue weighted by Crippen LogP contribution is 2.18. The van der Waals surface area contributed by atoms with Crippen LogP contribution < -0.4 is 10.6 Å². The second kappa shape index (κ2) is 7.44. The Kier molecular flexibility index (Phi) is 5.56. The van der Waals surface area contributed by atoms with E-state index in [1.165, 1.54) is 13.8 Å². The lowest BCUT2D eigenvalue weighted by Crippen LogP contribution is -2.42. The molecule has 1 aromatic rings. The summed E-state index contributed by atoms with van der Waals surface area (Å²) in [4.78, 5) is 35.0. The first kappa shape index (κ1) is 17.9. The highest BCUT2D eigenvalue weighted by Gasteiger charge is 2.35. The Morgan fingerprint density at radius 3 is 2.71 bits per heavy atom. The van der Waals surface area contributed by atoms with Crippen molar-refractivity contribution in [2.45, 2.75) is 39.3 Å². The summed E-state index contributed by atoms with van der Waals surface area (Å²) in [5, 5.41) is 14.4. The zero-order valence-corrected chi connectivity index (χ0v) is 13.8. The number of ether oxygens (including phenoxy) is 1. The van der Waals surface area contributed by atoms with Gasteiger partial charge in [0.25, 0.3) is 5.91 Å². The highest BCUT2D eigenvalue weighted by molar-refractivity contribution is 6.01. The molecule has 1 fully saturated rings. The van der Waals surface area contributed by atoms with Crippen molar-refractivity contribution in [1.82, 2.24) is 5.32 Å². The largest absolute Gasteiger partial charge is 0.480 e. The van der Waals surface area contributed by atoms with Gasteiger partial charge in [-0.2, -0.15) is 0 Å². The van der Waals surface area contributed by atoms with Crippen LogP contribution in [0.2, 0.25) is 0 Å². The number of carboxylic acids is 1. The van der Waals surface area contributed by atoms with E-state index < -0.39 is 23.4 Å². The van der Waals surface area contributed by atoms with Crippen LogP contribution in [0.5, 0.6) is 0 Å². The third-order valence-electron chi connectivity index (χ3n) is 3.97. The summed E-state index contributed by atoms with van der Waals surface area (Å²) in [5.74, 6) is -1.93. The van der Waals surface area contributed by atoms with E-state index >= 15 is 0 Å². The number of hydrogen-bond donors (Lipinski definition) is 3. The van der Waals surface area contributed by atoms with Crippen molar-refractivity contribution >= 4 is 23.5 Å². The quantitative estimate of drug-likeness (QED) is 0.684. The molecular weight excluding hydrogens is 312 g/mol. The van der Waals surface area contributed by atoms with Crippen molar-refractivity contribution in [3.05, 3.63) is 29.8 Å². The summed E-state index contributed by atoms with van der Waals surface area (Å²) in [6, 6.07) is 7.03. The van der Waals surface area contributed by atoms with Crippen molar-refractivity contribution in [2.75, 3.05) is 11.9 Å². The van der Waals surface area contributed by atoms with E-state index in [4.69, 9.17) is 9.84 Å². The molecule has 7 heteroatoms. The fraction of sp³-hybridized carbons (Fsp3) is 0.471. The maximum atomic E-state index is 12.0. The summed E-state index contributed by atoms with van der Waals surface area (Å²) < 4.78 is 5.33. The van der Waals surface area contributed by atoms with Gasteiger partial charge in [-0.05, 0) is 44.4 Å². The monoisotopic (exact) mass is 334 g/mol. The number of carboxylic acid groups (broad SMARTS) is 1. The summed E-state index contributed by atoms with van der Waals surface area (Å²) in [6.07, 6.45) is 1.18. The number of benzene rings is 1. The Morgan fingerprint density at radius 2 is 2.08 bits per heavy atom. The molecule has 0 bridgehead atoms. The van der Waals surface area contributed by atoms with E-state index in [1.807, 2.05) is 0 Å². The van der Waals surface area contributed by atoms with Gasteiger partial charge in [0.05, 0.1) is 0 Å². The van der Waals surface area contributed by atoms with Crippen LogP contribution in [0.3, 0.4) is 0 Å². The number of nitrogens with one attached hydrogen (secondary N) is 2. The van der Waals surface area contributed by atoms with Crippen LogP contribution >= 0.6 is 0 Å². The van der Waals surface area contributed by atoms with Gasteiger partial charge in [-0.1, -0.05) is 12.1 Å². The van der Waals surface area contributed by atoms with Gasteiger partial charge in [0, 0.05) is 18.8 Å². The van der Waals surface area contributed by atoms with Crippen molar-refractivity contribution in [3.8, 4) is 0 Å². The van der Waals surface area contributed by atoms with Crippen LogP contribution in [-0.4, -0.2) is 35.6 Å². The van der Waals surface area contributed by atoms with E-state index in [-0.39, 0.29) is 12.5 Å². The van der Waals surface area contributed by atoms with Crippen molar-refractivity contribution < 1.29 is 24.2 Å². The van der Waals surface area contributed by atoms with Gasteiger partial charge < -0.3 is 20.5 Å². The van der Waals surface area contributed by atoms with Gasteiger partial charge in [0.2, 0.25) is 5.91 Å². The summed E-state index contributed by atoms with van der Waals surface area (Å²) in [7, 11) is 0. The molecule has 0 spiro atoms. The number of amides is 2. The lowest BCUT2D eigenvalue weighted by Gasteiger charge is -2.18. The Balaban J connectivity index is 1.94. The smallest absolute Gasteiger partial charge is 0.318 e. The number of carbonyl (C=O) groups excluding carboxylic acids is 2. The maximum absolute atomic E-state index is 12.0. The fourth-order valence-corrected chi connectivity index (χ4v) is 2.27. The van der Waals surface area contributed by atoms with E-state index in [9.17, 15) is 14.4 Å². The first-order chi connectivity index (χ1) is 11.3. The third-order valence-corrected chi connectivity index (χ3v) is 3.97. The predicted molar refractivity (Wildman–Crippen MR) is 87.3 cm³/mol. The Hall–Kier alpha value is -2.41. The normalized spacial score (nSPS) is 17.3. The van der Waals surface area contributed by atoms with E-state index in [0.29, 0.717) is 18.7 Å². The minimum absolute atomic E-state index is 0.180. The summed E-state index contributed by atoms with van der Waals surface area (Å²) in [5.41, 5.74) is -0.125. The maximum Gasteiger partial charge on any atom is 0.318 e. The molecule has 1 heterocycles. The first-order valence-corrected chi connectivity index (χ1v) is 7.84. The summed E-state index contributed by atoms with van der Waals surface area (Å²) >= 11 is 0. The average Bonchev–Trinajstić information content (AvgIpc) is 3.07. The molecule has 1 saturated heterocycles. The van der Waals surface area contributed by atoms with E-state index in [2.05, 4.69) is 10.6 Å². The minimum atomic E-state index is -1.49. The van der Waals surface area contributed by atoms with Crippen LogP contribution in [0.15, 0.2) is 24.3 Å². The minimum Gasteiger partial charge on any atom is -0.480 e. The average molecular weight is 334 g/mol. The van der Waals surface area contributed by atoms with Crippen molar-refractivity contribution in [1.29, 1.82) is 0 Å². The molecule has 1 aliphatic rings. The molecule has 2 rings (SSSR count). The van der Waals surface area contributed by atoms with Gasteiger partial charge in [0.15, 0.2) is 0 Å². The van der Waals surface area contributed by atoms with Gasteiger partial charge in [0.1, 0.15) is 11.5 Å². The van der Waals surface area contributed by atoms with Crippen LogP contribution in [0.25, 0.3) is 0 Å². The number of aliphatic carboxylic acids is 1. The lowest BCUT2D eigenvalue weighted by atomic mass is 9.92. The number of carbonyl (C=O) groups is 3. The molecule has 0 radical (unpaired) electrons. The molecule has 0 saturated carbocycles. The van der Waals surface area contributed by atoms with Crippen molar-refractivity contribution in [2.24, 2.45) is 5.41 Å². The molecule has 24 heavy (non-hydrogen) atoms. The zero-order chi connectivity index (χ0) is 17.7. The highest BCUT2D eigenvalue weighted by atomic mass is 16.5. The van der Waals surface area contributed by atoms with Crippen LogP contribution in [0, 0.1) is 5.41 Å². The molecule has 1 atom stereocenters. The Labute approximate surface area is 140 Å². The fourth-order valence-electron chi connectivity index (χ4n) is 2.27. The lowest BCUT2D eigenvalue weighted by molar-refractivity contribution is -0.153. The van der Waals surface area contributed by atoms with Gasteiger partial charge in [-0.15, -0.1) is 0 Å². The van der Waals surface area contributed by atoms with E-state index in [0.717, 1.165) is 12.0 Å². The molecule has 7 nitrogen and oxygen atoms in total. The second-order valence-electron chi connectivity index (χ2n) is 6.30. The SMILES string of the molecule is CC(C)(C(=O)O)C(=O)NCc1cccc(NC(=O)C2CCCO2)c1. The second-order valence-corrected chi connectivity index (χ2v) is 6.30. The molecule has 0 aromatic heterocycles. The predicted octanol–water partition coefficient (Wildman–Crippen LogP) is 1.53. The number of hydrogen-bond acceptors (Lipinski definition) is 4. The molecule has 2 amide bonds. The van der Waals surface area contributed by atoms with Crippen molar-refractivity contribution in [3.63, 3.8) is 0 Å². The summed E-state index contributed by atoms with van der Waals surface area (Å²) in [6.45, 7) is 3.48. The number of rotatable bonds is 6. The van der Waals surface area contributed by atoms with Gasteiger partial charge in [-0.25, -0.2) is 0 Å².